The van der Waals surface area contributed by atoms with Crippen molar-refractivity contribution in [3.63, 3.8) is 0 Å². The molecule has 0 saturated carbocycles. The second-order valence-electron chi connectivity index (χ2n) is 4.25. The minimum atomic E-state index is -0.0828. The maximum Gasteiger partial charge on any atom is 0.224 e. The van der Waals surface area contributed by atoms with Gasteiger partial charge in [0, 0.05) is 11.6 Å². The van der Waals surface area contributed by atoms with E-state index in [0.29, 0.717) is 11.6 Å². The second kappa shape index (κ2) is 6.25. The third-order valence-corrected chi connectivity index (χ3v) is 2.93. The molecule has 3 nitrogen and oxygen atoms in total. The van der Waals surface area contributed by atoms with Crippen molar-refractivity contribution in [2.45, 2.75) is 13.0 Å². The van der Waals surface area contributed by atoms with Crippen LogP contribution in [0.3, 0.4) is 0 Å². The van der Waals surface area contributed by atoms with Gasteiger partial charge in [-0.3, -0.25) is 4.79 Å². The van der Waals surface area contributed by atoms with E-state index in [4.69, 9.17) is 11.6 Å². The summed E-state index contributed by atoms with van der Waals surface area (Å²) in [6.07, 6.45) is 0.252. The zero-order chi connectivity index (χ0) is 13.7. The molecule has 2 N–H and O–H groups in total. The number of aromatic hydroxyl groups is 1. The van der Waals surface area contributed by atoms with Gasteiger partial charge in [-0.25, -0.2) is 0 Å². The SMILES string of the molecule is O=C(Cc1cccc(O)c1)NCc1ccc(Cl)cc1. The van der Waals surface area contributed by atoms with Crippen molar-refractivity contribution < 1.29 is 9.90 Å². The molecular weight excluding hydrogens is 262 g/mol. The van der Waals surface area contributed by atoms with Crippen LogP contribution in [0, 0.1) is 0 Å². The van der Waals surface area contributed by atoms with Crippen LogP contribution in [0.2, 0.25) is 5.02 Å². The predicted molar refractivity (Wildman–Crippen MR) is 75.1 cm³/mol. The Kier molecular flexibility index (Phi) is 4.42. The highest BCUT2D eigenvalue weighted by Crippen LogP contribution is 2.12. The molecule has 4 heteroatoms. The van der Waals surface area contributed by atoms with Gasteiger partial charge in [0.25, 0.3) is 0 Å². The fraction of sp³-hybridized carbons (Fsp3) is 0.133. The number of amides is 1. The van der Waals surface area contributed by atoms with Gasteiger partial charge in [0.15, 0.2) is 0 Å². The lowest BCUT2D eigenvalue weighted by Crippen LogP contribution is -2.24. The first-order valence-electron chi connectivity index (χ1n) is 5.92. The number of rotatable bonds is 4. The summed E-state index contributed by atoms with van der Waals surface area (Å²) < 4.78 is 0. The van der Waals surface area contributed by atoms with Crippen LogP contribution in [-0.2, 0) is 17.8 Å². The van der Waals surface area contributed by atoms with Gasteiger partial charge in [-0.15, -0.1) is 0 Å². The zero-order valence-corrected chi connectivity index (χ0v) is 11.0. The second-order valence-corrected chi connectivity index (χ2v) is 4.69. The summed E-state index contributed by atoms with van der Waals surface area (Å²) in [6, 6.07) is 14.0. The van der Waals surface area contributed by atoms with E-state index in [1.807, 2.05) is 18.2 Å². The van der Waals surface area contributed by atoms with Crippen LogP contribution >= 0.6 is 11.6 Å². The summed E-state index contributed by atoms with van der Waals surface area (Å²) >= 11 is 5.79. The summed E-state index contributed by atoms with van der Waals surface area (Å²) in [5.41, 5.74) is 1.78. The van der Waals surface area contributed by atoms with Crippen LogP contribution in [0.4, 0.5) is 0 Å². The first-order valence-corrected chi connectivity index (χ1v) is 6.30. The van der Waals surface area contributed by atoms with Crippen LogP contribution in [-0.4, -0.2) is 11.0 Å². The van der Waals surface area contributed by atoms with Crippen LogP contribution in [0.15, 0.2) is 48.5 Å². The number of phenols is 1. The Labute approximate surface area is 116 Å². The van der Waals surface area contributed by atoms with Crippen molar-refractivity contribution in [3.8, 4) is 5.75 Å². The molecule has 19 heavy (non-hydrogen) atoms. The van der Waals surface area contributed by atoms with Crippen LogP contribution in [0.5, 0.6) is 5.75 Å². The number of hydrogen-bond acceptors (Lipinski definition) is 2. The topological polar surface area (TPSA) is 49.3 Å². The molecule has 0 unspecified atom stereocenters. The van der Waals surface area contributed by atoms with Crippen LogP contribution in [0.1, 0.15) is 11.1 Å². The lowest BCUT2D eigenvalue weighted by atomic mass is 10.1. The third kappa shape index (κ3) is 4.30. The summed E-state index contributed by atoms with van der Waals surface area (Å²) in [5.74, 6) is 0.0866. The van der Waals surface area contributed by atoms with E-state index < -0.39 is 0 Å². The van der Waals surface area contributed by atoms with Crippen molar-refractivity contribution in [1.29, 1.82) is 0 Å². The van der Waals surface area contributed by atoms with Gasteiger partial charge in [-0.1, -0.05) is 35.9 Å². The molecule has 0 aliphatic heterocycles. The first kappa shape index (κ1) is 13.4. The molecule has 0 fully saturated rings. The largest absolute Gasteiger partial charge is 0.508 e. The molecule has 0 aliphatic carbocycles. The minimum Gasteiger partial charge on any atom is -0.508 e. The van der Waals surface area contributed by atoms with E-state index >= 15 is 0 Å². The molecule has 0 spiro atoms. The fourth-order valence-corrected chi connectivity index (χ4v) is 1.84. The summed E-state index contributed by atoms with van der Waals surface area (Å²) in [6.45, 7) is 0.467. The smallest absolute Gasteiger partial charge is 0.224 e. The molecule has 0 bridgehead atoms. The molecule has 2 aromatic rings. The molecule has 0 radical (unpaired) electrons. The Morgan fingerprint density at radius 2 is 1.84 bits per heavy atom. The molecule has 2 rings (SSSR count). The molecular formula is C15H14ClNO2. The van der Waals surface area contributed by atoms with E-state index in [9.17, 15) is 9.90 Å². The molecule has 0 heterocycles. The summed E-state index contributed by atoms with van der Waals surface area (Å²) in [4.78, 5) is 11.7. The Morgan fingerprint density at radius 1 is 1.11 bits per heavy atom. The first-order chi connectivity index (χ1) is 9.13. The third-order valence-electron chi connectivity index (χ3n) is 2.68. The Morgan fingerprint density at radius 3 is 2.53 bits per heavy atom. The number of carbonyl (C=O) groups excluding carboxylic acids is 1. The highest BCUT2D eigenvalue weighted by molar-refractivity contribution is 6.30. The van der Waals surface area contributed by atoms with Gasteiger partial charge in [-0.05, 0) is 35.4 Å². The van der Waals surface area contributed by atoms with Gasteiger partial charge < -0.3 is 10.4 Å². The highest BCUT2D eigenvalue weighted by atomic mass is 35.5. The number of halogens is 1. The number of nitrogens with one attached hydrogen (secondary N) is 1. The van der Waals surface area contributed by atoms with E-state index in [1.165, 1.54) is 0 Å². The Balaban J connectivity index is 1.86. The Bertz CT molecular complexity index is 567. The molecule has 0 saturated heterocycles. The van der Waals surface area contributed by atoms with Crippen molar-refractivity contribution in [2.24, 2.45) is 0 Å². The molecule has 0 atom stereocenters. The Hall–Kier alpha value is -2.00. The maximum absolute atomic E-state index is 11.7. The zero-order valence-electron chi connectivity index (χ0n) is 10.3. The summed E-state index contributed by atoms with van der Waals surface area (Å²) in [7, 11) is 0. The quantitative estimate of drug-likeness (QED) is 0.901. The van der Waals surface area contributed by atoms with Gasteiger partial charge in [0.2, 0.25) is 5.91 Å². The average Bonchev–Trinajstić information content (AvgIpc) is 2.38. The van der Waals surface area contributed by atoms with E-state index in [0.717, 1.165) is 11.1 Å². The monoisotopic (exact) mass is 275 g/mol. The van der Waals surface area contributed by atoms with E-state index in [-0.39, 0.29) is 18.1 Å². The highest BCUT2D eigenvalue weighted by Gasteiger charge is 2.04. The molecule has 98 valence electrons. The van der Waals surface area contributed by atoms with Gasteiger partial charge in [0.1, 0.15) is 5.75 Å². The predicted octanol–water partition coefficient (Wildman–Crippen LogP) is 2.90. The lowest BCUT2D eigenvalue weighted by Gasteiger charge is -2.06. The van der Waals surface area contributed by atoms with Gasteiger partial charge in [-0.2, -0.15) is 0 Å². The number of benzene rings is 2. The number of carbonyl (C=O) groups is 1. The van der Waals surface area contributed by atoms with Crippen molar-refractivity contribution in [3.05, 3.63) is 64.7 Å². The average molecular weight is 276 g/mol. The fourth-order valence-electron chi connectivity index (χ4n) is 1.72. The molecule has 1 amide bonds. The number of phenolic OH excluding ortho intramolecular Hbond substituents is 1. The normalized spacial score (nSPS) is 10.2. The maximum atomic E-state index is 11.7. The van der Waals surface area contributed by atoms with Gasteiger partial charge >= 0.3 is 0 Å². The van der Waals surface area contributed by atoms with E-state index in [1.54, 1.807) is 30.3 Å². The van der Waals surface area contributed by atoms with Crippen molar-refractivity contribution in [1.82, 2.24) is 5.32 Å². The van der Waals surface area contributed by atoms with E-state index in [2.05, 4.69) is 5.32 Å². The van der Waals surface area contributed by atoms with Gasteiger partial charge in [0.05, 0.1) is 6.42 Å². The molecule has 0 aromatic heterocycles. The van der Waals surface area contributed by atoms with Crippen molar-refractivity contribution >= 4 is 17.5 Å². The lowest BCUT2D eigenvalue weighted by molar-refractivity contribution is -0.120. The summed E-state index contributed by atoms with van der Waals surface area (Å²) in [5, 5.41) is 12.8. The number of hydrogen-bond donors (Lipinski definition) is 2. The molecule has 2 aromatic carbocycles. The van der Waals surface area contributed by atoms with Crippen molar-refractivity contribution in [2.75, 3.05) is 0 Å². The van der Waals surface area contributed by atoms with Crippen LogP contribution in [0.25, 0.3) is 0 Å². The van der Waals surface area contributed by atoms with Crippen LogP contribution < -0.4 is 5.32 Å². The molecule has 0 aliphatic rings. The standard InChI is InChI=1S/C15H14ClNO2/c16-13-6-4-11(5-7-13)10-17-15(19)9-12-2-1-3-14(18)8-12/h1-8,18H,9-10H2,(H,17,19). The minimum absolute atomic E-state index is 0.0828.